The molecule has 0 fully saturated rings. The zero-order valence-corrected chi connectivity index (χ0v) is 30.9. The van der Waals surface area contributed by atoms with Gasteiger partial charge in [0.25, 0.3) is 0 Å². The minimum absolute atomic E-state index is 0.0932. The third-order valence-electron chi connectivity index (χ3n) is 8.01. The summed E-state index contributed by atoms with van der Waals surface area (Å²) >= 11 is 9.77. The summed E-state index contributed by atoms with van der Waals surface area (Å²) in [6.45, 7) is 5.44. The first kappa shape index (κ1) is 35.3. The average Bonchev–Trinajstić information content (AvgIpc) is 3.70. The van der Waals surface area contributed by atoms with Crippen LogP contribution in [0.4, 0.5) is 10.6 Å². The van der Waals surface area contributed by atoms with Gasteiger partial charge in [-0.2, -0.15) is 16.9 Å². The van der Waals surface area contributed by atoms with E-state index in [2.05, 4.69) is 58.0 Å². The van der Waals surface area contributed by atoms with Gasteiger partial charge in [0.05, 0.1) is 16.4 Å². The highest BCUT2D eigenvalue weighted by molar-refractivity contribution is 7.99. The smallest absolute Gasteiger partial charge is 0.320 e. The van der Waals surface area contributed by atoms with Crippen LogP contribution < -0.4 is 10.6 Å². The van der Waals surface area contributed by atoms with Crippen LogP contribution in [0.5, 0.6) is 5.75 Å². The molecule has 3 N–H and O–H groups in total. The molecule has 0 aliphatic heterocycles. The number of urea groups is 1. The summed E-state index contributed by atoms with van der Waals surface area (Å²) in [5.74, 6) is 2.11. The van der Waals surface area contributed by atoms with Crippen LogP contribution in [0.25, 0.3) is 22.7 Å². The zero-order chi connectivity index (χ0) is 35.4. The topological polar surface area (TPSA) is 113 Å². The lowest BCUT2D eigenvalue weighted by atomic mass is 9.92. The second-order valence-electron chi connectivity index (χ2n) is 12.8. The number of carbonyl (C=O) groups is 1. The standard InChI is InChI=1S/C37H39ClN8O2S2/c1-37(2,23-49-5)32-19-34(46(43-32)26-11-8-9-24(17-26)21-44(3)4)40-36(48)39-20-25-10-6-7-12-31(25)50-28-14-16-33-41-42-35(45(33)22-28)29-18-27(47)13-15-30(29)38/h6-19,22,47H,20-21,23H2,1-5H3,(H2,39,40,48). The highest BCUT2D eigenvalue weighted by Crippen LogP contribution is 2.34. The van der Waals surface area contributed by atoms with E-state index in [-0.39, 0.29) is 17.2 Å². The summed E-state index contributed by atoms with van der Waals surface area (Å²) < 4.78 is 3.67. The fourth-order valence-electron chi connectivity index (χ4n) is 5.60. The number of carbonyl (C=O) groups excluding carboxylic acids is 1. The van der Waals surface area contributed by atoms with Gasteiger partial charge in [0.1, 0.15) is 11.6 Å². The van der Waals surface area contributed by atoms with Crippen molar-refractivity contribution in [2.45, 2.75) is 42.1 Å². The van der Waals surface area contributed by atoms with Crippen LogP contribution >= 0.6 is 35.1 Å². The molecule has 0 saturated carbocycles. The van der Waals surface area contributed by atoms with E-state index in [4.69, 9.17) is 16.7 Å². The van der Waals surface area contributed by atoms with Gasteiger partial charge in [-0.15, -0.1) is 10.2 Å². The van der Waals surface area contributed by atoms with E-state index >= 15 is 0 Å². The molecule has 3 heterocycles. The first-order chi connectivity index (χ1) is 24.0. The van der Waals surface area contributed by atoms with Crippen molar-refractivity contribution < 1.29 is 9.90 Å². The lowest BCUT2D eigenvalue weighted by Crippen LogP contribution is -2.29. The zero-order valence-electron chi connectivity index (χ0n) is 28.5. The summed E-state index contributed by atoms with van der Waals surface area (Å²) in [7, 11) is 4.08. The Hall–Kier alpha value is -4.49. The van der Waals surface area contributed by atoms with Gasteiger partial charge in [-0.25, -0.2) is 9.48 Å². The van der Waals surface area contributed by atoms with Crippen molar-refractivity contribution in [1.29, 1.82) is 0 Å². The van der Waals surface area contributed by atoms with Crippen molar-refractivity contribution in [3.05, 3.63) is 113 Å². The molecule has 3 aromatic carbocycles. The molecule has 6 rings (SSSR count). The monoisotopic (exact) mass is 726 g/mol. The van der Waals surface area contributed by atoms with Crippen LogP contribution in [0.15, 0.2) is 101 Å². The van der Waals surface area contributed by atoms with Crippen LogP contribution in [0.1, 0.15) is 30.7 Å². The van der Waals surface area contributed by atoms with Crippen molar-refractivity contribution in [2.24, 2.45) is 0 Å². The number of aromatic nitrogens is 5. The Labute approximate surface area is 305 Å². The second kappa shape index (κ2) is 15.2. The molecule has 0 atom stereocenters. The molecule has 0 aliphatic rings. The molecule has 258 valence electrons. The number of hydrogen-bond acceptors (Lipinski definition) is 8. The van der Waals surface area contributed by atoms with Gasteiger partial charge < -0.3 is 15.3 Å². The molecule has 10 nitrogen and oxygen atoms in total. The number of nitrogens with zero attached hydrogens (tertiary/aromatic N) is 6. The maximum absolute atomic E-state index is 13.4. The van der Waals surface area contributed by atoms with Gasteiger partial charge in [0, 0.05) is 51.9 Å². The van der Waals surface area contributed by atoms with Gasteiger partial charge in [-0.3, -0.25) is 9.72 Å². The number of nitrogens with one attached hydrogen (secondary N) is 2. The Balaban J connectivity index is 1.21. The van der Waals surface area contributed by atoms with Gasteiger partial charge in [-0.05, 0) is 80.0 Å². The largest absolute Gasteiger partial charge is 0.508 e. The maximum Gasteiger partial charge on any atom is 0.320 e. The first-order valence-corrected chi connectivity index (χ1v) is 18.6. The number of fused-ring (bicyclic) bond motifs is 1. The van der Waals surface area contributed by atoms with Gasteiger partial charge >= 0.3 is 6.03 Å². The Kier molecular flexibility index (Phi) is 10.7. The normalized spacial score (nSPS) is 11.7. The highest BCUT2D eigenvalue weighted by Gasteiger charge is 2.26. The molecule has 0 bridgehead atoms. The van der Waals surface area contributed by atoms with Crippen molar-refractivity contribution in [3.63, 3.8) is 0 Å². The van der Waals surface area contributed by atoms with Crippen LogP contribution in [-0.4, -0.2) is 66.5 Å². The van der Waals surface area contributed by atoms with Crippen molar-refractivity contribution in [1.82, 2.24) is 34.6 Å². The van der Waals surface area contributed by atoms with Crippen LogP contribution in [0, 0.1) is 0 Å². The van der Waals surface area contributed by atoms with E-state index in [0.29, 0.717) is 34.4 Å². The third-order valence-corrected chi connectivity index (χ3v) is 10.4. The number of amides is 2. The number of halogens is 1. The molecular weight excluding hydrogens is 688 g/mol. The predicted octanol–water partition coefficient (Wildman–Crippen LogP) is 8.12. The molecule has 0 unspecified atom stereocenters. The molecular formula is C37H39ClN8O2S2. The molecule has 6 aromatic rings. The number of thioether (sulfide) groups is 1. The predicted molar refractivity (Wildman–Crippen MR) is 204 cm³/mol. The SMILES string of the molecule is CSCC(C)(C)c1cc(NC(=O)NCc2ccccc2Sc2ccc3nnc(-c4cc(O)ccc4Cl)n3c2)n(-c2cccc(CN(C)C)c2)n1. The lowest BCUT2D eigenvalue weighted by molar-refractivity contribution is 0.251. The maximum atomic E-state index is 13.4. The number of phenolic OH excluding ortho intramolecular Hbond substituents is 1. The van der Waals surface area contributed by atoms with Crippen molar-refractivity contribution in [3.8, 4) is 22.8 Å². The third kappa shape index (κ3) is 8.10. The Morgan fingerprint density at radius 3 is 2.62 bits per heavy atom. The number of rotatable bonds is 12. The molecule has 3 aromatic heterocycles. The first-order valence-electron chi connectivity index (χ1n) is 16.0. The highest BCUT2D eigenvalue weighted by atomic mass is 35.5. The molecule has 0 radical (unpaired) electrons. The Morgan fingerprint density at radius 2 is 1.82 bits per heavy atom. The quantitative estimate of drug-likeness (QED) is 0.116. The summed E-state index contributed by atoms with van der Waals surface area (Å²) in [5, 5.41) is 30.2. The van der Waals surface area contributed by atoms with Crippen molar-refractivity contribution in [2.75, 3.05) is 31.4 Å². The van der Waals surface area contributed by atoms with Gasteiger partial charge in [0.15, 0.2) is 11.5 Å². The number of pyridine rings is 1. The van der Waals surface area contributed by atoms with Crippen molar-refractivity contribution >= 4 is 52.6 Å². The van der Waals surface area contributed by atoms with E-state index in [9.17, 15) is 9.90 Å². The van der Waals surface area contributed by atoms with Crippen LogP contribution in [0.3, 0.4) is 0 Å². The van der Waals surface area contributed by atoms with E-state index in [0.717, 1.165) is 44.6 Å². The van der Waals surface area contributed by atoms with Gasteiger partial charge in [0.2, 0.25) is 0 Å². The number of aromatic hydroxyl groups is 1. The molecule has 50 heavy (non-hydrogen) atoms. The molecule has 13 heteroatoms. The molecule has 0 saturated heterocycles. The fourth-order valence-corrected chi connectivity index (χ4v) is 7.63. The molecule has 2 amide bonds. The van der Waals surface area contributed by atoms with Gasteiger partial charge in [-0.1, -0.05) is 67.5 Å². The summed E-state index contributed by atoms with van der Waals surface area (Å²) in [6.07, 6.45) is 4.03. The van der Waals surface area contributed by atoms with E-state index in [1.807, 2.05) is 84.0 Å². The number of benzene rings is 3. The minimum atomic E-state index is -0.330. The minimum Gasteiger partial charge on any atom is -0.508 e. The summed E-state index contributed by atoms with van der Waals surface area (Å²) in [5.41, 5.74) is 4.94. The molecule has 0 aliphatic carbocycles. The number of hydrogen-bond donors (Lipinski definition) is 3. The lowest BCUT2D eigenvalue weighted by Gasteiger charge is -2.20. The fraction of sp³-hybridized carbons (Fsp3) is 0.243. The summed E-state index contributed by atoms with van der Waals surface area (Å²) in [4.78, 5) is 17.5. The molecule has 0 spiro atoms. The Bertz CT molecular complexity index is 2150. The average molecular weight is 727 g/mol. The second-order valence-corrected chi connectivity index (χ2v) is 15.2. The number of anilines is 1. The van der Waals surface area contributed by atoms with E-state index in [1.165, 1.54) is 6.07 Å². The van der Waals surface area contributed by atoms with E-state index in [1.54, 1.807) is 35.7 Å². The number of phenols is 1. The van der Waals surface area contributed by atoms with Crippen LogP contribution in [0.2, 0.25) is 5.02 Å². The summed E-state index contributed by atoms with van der Waals surface area (Å²) in [6, 6.07) is 26.4. The van der Waals surface area contributed by atoms with Crippen LogP contribution in [-0.2, 0) is 18.5 Å². The van der Waals surface area contributed by atoms with E-state index < -0.39 is 0 Å². The Morgan fingerprint density at radius 1 is 1.00 bits per heavy atom.